The van der Waals surface area contributed by atoms with Gasteiger partial charge in [0, 0.05) is 6.20 Å². The third kappa shape index (κ3) is 2.36. The second-order valence-corrected chi connectivity index (χ2v) is 4.67. The molecule has 2 aromatic rings. The fraction of sp³-hybridized carbons (Fsp3) is 0.100. The van der Waals surface area contributed by atoms with Crippen LogP contribution in [-0.2, 0) is 6.18 Å². The van der Waals surface area contributed by atoms with Crippen LogP contribution in [0.2, 0.25) is 4.47 Å². The Morgan fingerprint density at radius 2 is 1.75 bits per heavy atom. The summed E-state index contributed by atoms with van der Waals surface area (Å²) in [6.07, 6.45) is -2.76. The first kappa shape index (κ1) is 11.4. The van der Waals surface area contributed by atoms with Gasteiger partial charge >= 0.3 is 6.18 Å². The minimum absolute atomic E-state index is 0.370. The molecule has 0 saturated heterocycles. The van der Waals surface area contributed by atoms with Gasteiger partial charge < -0.3 is 0 Å². The van der Waals surface area contributed by atoms with E-state index < -0.39 is 11.7 Å². The fourth-order valence-corrected chi connectivity index (χ4v) is 2.15. The van der Waals surface area contributed by atoms with E-state index in [9.17, 15) is 13.2 Å². The molecule has 0 radical (unpaired) electrons. The minimum Gasteiger partial charge on any atom is -0.233 e. The molecule has 1 heterocycles. The van der Waals surface area contributed by atoms with Crippen LogP contribution in [0.1, 0.15) is 5.56 Å². The number of halogens is 4. The molecule has 0 aliphatic heterocycles. The molecule has 0 amide bonds. The molecule has 6 heteroatoms. The molecule has 0 spiro atoms. The van der Waals surface area contributed by atoms with Crippen LogP contribution in [-0.4, -0.2) is 4.98 Å². The van der Waals surface area contributed by atoms with Gasteiger partial charge in [-0.3, -0.25) is 0 Å². The van der Waals surface area contributed by atoms with Crippen molar-refractivity contribution in [3.05, 3.63) is 40.5 Å². The lowest BCUT2D eigenvalue weighted by atomic mass is 10.1. The van der Waals surface area contributed by atoms with Crippen molar-refractivity contribution in [2.24, 2.45) is 0 Å². The van der Waals surface area contributed by atoms with Gasteiger partial charge in [-0.05, 0) is 17.7 Å². The van der Waals surface area contributed by atoms with E-state index in [1.807, 2.05) is 0 Å². The van der Waals surface area contributed by atoms with Crippen LogP contribution in [0.5, 0.6) is 0 Å². The smallest absolute Gasteiger partial charge is 0.233 e. The van der Waals surface area contributed by atoms with Gasteiger partial charge in [-0.15, -0.1) is 11.3 Å². The Hall–Kier alpha value is -1.07. The molecular formula is C10H5ClF3NS. The van der Waals surface area contributed by atoms with Gasteiger partial charge in [0.15, 0.2) is 4.47 Å². The molecular weight excluding hydrogens is 259 g/mol. The van der Waals surface area contributed by atoms with Crippen LogP contribution in [0, 0.1) is 0 Å². The van der Waals surface area contributed by atoms with E-state index in [4.69, 9.17) is 11.6 Å². The highest BCUT2D eigenvalue weighted by molar-refractivity contribution is 7.18. The highest BCUT2D eigenvalue weighted by Crippen LogP contribution is 2.33. The quantitative estimate of drug-likeness (QED) is 0.739. The zero-order valence-electron chi connectivity index (χ0n) is 7.75. The molecule has 0 aliphatic rings. The molecule has 0 fully saturated rings. The van der Waals surface area contributed by atoms with Gasteiger partial charge in [0.25, 0.3) is 0 Å². The van der Waals surface area contributed by atoms with Crippen molar-refractivity contribution >= 4 is 22.9 Å². The Morgan fingerprint density at radius 1 is 1.12 bits per heavy atom. The van der Waals surface area contributed by atoms with Crippen LogP contribution in [0.15, 0.2) is 30.5 Å². The summed E-state index contributed by atoms with van der Waals surface area (Å²) in [6, 6.07) is 4.91. The van der Waals surface area contributed by atoms with Gasteiger partial charge in [0.2, 0.25) is 0 Å². The van der Waals surface area contributed by atoms with Crippen molar-refractivity contribution in [3.63, 3.8) is 0 Å². The molecule has 2 rings (SSSR count). The van der Waals surface area contributed by atoms with Gasteiger partial charge in [0.05, 0.1) is 10.4 Å². The Balaban J connectivity index is 2.33. The summed E-state index contributed by atoms with van der Waals surface area (Å²) >= 11 is 6.87. The van der Waals surface area contributed by atoms with E-state index in [0.29, 0.717) is 10.0 Å². The van der Waals surface area contributed by atoms with Crippen molar-refractivity contribution in [3.8, 4) is 10.4 Å². The van der Waals surface area contributed by atoms with E-state index in [1.165, 1.54) is 29.7 Å². The number of thiazole rings is 1. The molecule has 1 nitrogen and oxygen atoms in total. The number of hydrogen-bond donors (Lipinski definition) is 0. The number of nitrogens with zero attached hydrogens (tertiary/aromatic N) is 1. The Bertz CT molecular complexity index is 490. The predicted octanol–water partition coefficient (Wildman–Crippen LogP) is 4.48. The van der Waals surface area contributed by atoms with E-state index in [2.05, 4.69) is 4.98 Å². The number of hydrogen-bond acceptors (Lipinski definition) is 2. The Kier molecular flexibility index (Phi) is 2.90. The average molecular weight is 264 g/mol. The summed E-state index contributed by atoms with van der Waals surface area (Å²) in [5, 5.41) is 0. The van der Waals surface area contributed by atoms with Crippen molar-refractivity contribution in [1.29, 1.82) is 0 Å². The monoisotopic (exact) mass is 263 g/mol. The van der Waals surface area contributed by atoms with Gasteiger partial charge in [-0.2, -0.15) is 13.2 Å². The first-order valence-electron chi connectivity index (χ1n) is 4.26. The number of benzene rings is 1. The number of rotatable bonds is 1. The average Bonchev–Trinajstić information content (AvgIpc) is 2.64. The molecule has 0 saturated carbocycles. The summed E-state index contributed by atoms with van der Waals surface area (Å²) in [4.78, 5) is 4.57. The zero-order valence-corrected chi connectivity index (χ0v) is 9.33. The lowest BCUT2D eigenvalue weighted by Crippen LogP contribution is -2.03. The largest absolute Gasteiger partial charge is 0.416 e. The molecule has 84 valence electrons. The highest BCUT2D eigenvalue weighted by atomic mass is 35.5. The molecule has 0 unspecified atom stereocenters. The number of alkyl halides is 3. The van der Waals surface area contributed by atoms with Crippen molar-refractivity contribution < 1.29 is 13.2 Å². The van der Waals surface area contributed by atoms with E-state index in [1.54, 1.807) is 0 Å². The van der Waals surface area contributed by atoms with Crippen LogP contribution in [0.25, 0.3) is 10.4 Å². The normalized spacial score (nSPS) is 11.8. The third-order valence-corrected chi connectivity index (χ3v) is 3.14. The maximum Gasteiger partial charge on any atom is 0.416 e. The minimum atomic E-state index is -4.30. The van der Waals surface area contributed by atoms with Crippen LogP contribution < -0.4 is 0 Å². The number of aromatic nitrogens is 1. The van der Waals surface area contributed by atoms with Gasteiger partial charge in [-0.1, -0.05) is 23.7 Å². The topological polar surface area (TPSA) is 12.9 Å². The molecule has 0 aliphatic carbocycles. The maximum atomic E-state index is 12.3. The lowest BCUT2D eigenvalue weighted by Gasteiger charge is -2.06. The summed E-state index contributed by atoms with van der Waals surface area (Å²) in [5.74, 6) is 0. The summed E-state index contributed by atoms with van der Waals surface area (Å²) < 4.78 is 37.3. The predicted molar refractivity (Wildman–Crippen MR) is 57.6 cm³/mol. The zero-order chi connectivity index (χ0) is 11.8. The molecule has 0 N–H and O–H groups in total. The second-order valence-electron chi connectivity index (χ2n) is 3.05. The first-order valence-corrected chi connectivity index (χ1v) is 5.45. The van der Waals surface area contributed by atoms with Crippen molar-refractivity contribution in [2.45, 2.75) is 6.18 Å². The second kappa shape index (κ2) is 4.07. The van der Waals surface area contributed by atoms with E-state index in [-0.39, 0.29) is 0 Å². The Morgan fingerprint density at radius 3 is 2.19 bits per heavy atom. The lowest BCUT2D eigenvalue weighted by molar-refractivity contribution is -0.137. The maximum absolute atomic E-state index is 12.3. The van der Waals surface area contributed by atoms with Crippen LogP contribution in [0.4, 0.5) is 13.2 Å². The van der Waals surface area contributed by atoms with E-state index >= 15 is 0 Å². The molecule has 1 aromatic carbocycles. The van der Waals surface area contributed by atoms with Crippen molar-refractivity contribution in [1.82, 2.24) is 4.98 Å². The fourth-order valence-electron chi connectivity index (χ4n) is 1.21. The van der Waals surface area contributed by atoms with E-state index in [0.717, 1.165) is 17.0 Å². The van der Waals surface area contributed by atoms with Gasteiger partial charge in [0.1, 0.15) is 0 Å². The summed E-state index contributed by atoms with van der Waals surface area (Å²) in [7, 11) is 0. The summed E-state index contributed by atoms with van der Waals surface area (Å²) in [5.41, 5.74) is 0.0178. The molecule has 0 bridgehead atoms. The highest BCUT2D eigenvalue weighted by Gasteiger charge is 2.29. The van der Waals surface area contributed by atoms with Crippen LogP contribution in [0.3, 0.4) is 0 Å². The SMILES string of the molecule is FC(F)(F)c1ccc(-c2cnc(Cl)s2)cc1. The summed E-state index contributed by atoms with van der Waals surface area (Å²) in [6.45, 7) is 0. The van der Waals surface area contributed by atoms with Crippen molar-refractivity contribution in [2.75, 3.05) is 0 Å². The van der Waals surface area contributed by atoms with Gasteiger partial charge in [-0.25, -0.2) is 4.98 Å². The molecule has 16 heavy (non-hydrogen) atoms. The first-order chi connectivity index (χ1) is 7.47. The standard InChI is InChI=1S/C10H5ClF3NS/c11-9-15-5-8(16-9)6-1-3-7(4-2-6)10(12,13)14/h1-5H. The Labute approximate surface area is 98.5 Å². The molecule has 0 atom stereocenters. The molecule has 1 aromatic heterocycles. The van der Waals surface area contributed by atoms with Crippen LogP contribution >= 0.6 is 22.9 Å². The third-order valence-electron chi connectivity index (χ3n) is 1.97.